The Bertz CT molecular complexity index is 283. The molecule has 0 aliphatic heterocycles. The fourth-order valence-electron chi connectivity index (χ4n) is 1.73. The van der Waals surface area contributed by atoms with E-state index in [2.05, 4.69) is 21.4 Å². The maximum atomic E-state index is 5.51. The molecular formula is C9H13BrN2O. The number of rotatable bonds is 3. The Morgan fingerprint density at radius 1 is 1.62 bits per heavy atom. The second-order valence-electron chi connectivity index (χ2n) is 3.47. The van der Waals surface area contributed by atoms with E-state index >= 15 is 0 Å². The van der Waals surface area contributed by atoms with Crippen molar-refractivity contribution >= 4 is 15.9 Å². The van der Waals surface area contributed by atoms with Gasteiger partial charge in [0, 0.05) is 0 Å². The van der Waals surface area contributed by atoms with Crippen LogP contribution in [0.1, 0.15) is 31.1 Å². The number of hydrogen-bond donors (Lipinski definition) is 2. The molecule has 0 radical (unpaired) electrons. The molecule has 72 valence electrons. The lowest BCUT2D eigenvalue weighted by Crippen LogP contribution is -2.36. The molecule has 1 atom stereocenters. The SMILES string of the molecule is NNC(c1occc1Br)C1CCC1. The standard InChI is InChI=1S/C9H13BrN2O/c10-7-4-5-13-9(7)8(12-11)6-2-1-3-6/h4-6,8,12H,1-3,11H2. The summed E-state index contributed by atoms with van der Waals surface area (Å²) < 4.78 is 6.39. The zero-order valence-corrected chi connectivity index (χ0v) is 8.88. The third kappa shape index (κ3) is 1.66. The second kappa shape index (κ2) is 3.82. The van der Waals surface area contributed by atoms with E-state index in [4.69, 9.17) is 10.3 Å². The van der Waals surface area contributed by atoms with Crippen LogP contribution in [-0.2, 0) is 0 Å². The number of halogens is 1. The zero-order valence-electron chi connectivity index (χ0n) is 7.29. The summed E-state index contributed by atoms with van der Waals surface area (Å²) in [6.07, 6.45) is 5.47. The fraction of sp³-hybridized carbons (Fsp3) is 0.556. The third-order valence-electron chi connectivity index (χ3n) is 2.73. The van der Waals surface area contributed by atoms with E-state index in [9.17, 15) is 0 Å². The first-order chi connectivity index (χ1) is 6.33. The Kier molecular flexibility index (Phi) is 2.71. The van der Waals surface area contributed by atoms with Gasteiger partial charge in [-0.1, -0.05) is 6.42 Å². The molecule has 1 fully saturated rings. The molecule has 1 aromatic rings. The highest BCUT2D eigenvalue weighted by Crippen LogP contribution is 2.39. The van der Waals surface area contributed by atoms with E-state index in [1.165, 1.54) is 19.3 Å². The lowest BCUT2D eigenvalue weighted by Gasteiger charge is -2.32. The van der Waals surface area contributed by atoms with Crippen molar-refractivity contribution in [1.29, 1.82) is 0 Å². The van der Waals surface area contributed by atoms with Gasteiger partial charge >= 0.3 is 0 Å². The molecule has 1 unspecified atom stereocenters. The van der Waals surface area contributed by atoms with Crippen LogP contribution in [0.2, 0.25) is 0 Å². The largest absolute Gasteiger partial charge is 0.466 e. The highest BCUT2D eigenvalue weighted by molar-refractivity contribution is 9.10. The quantitative estimate of drug-likeness (QED) is 0.634. The highest BCUT2D eigenvalue weighted by atomic mass is 79.9. The van der Waals surface area contributed by atoms with Crippen molar-refractivity contribution in [3.05, 3.63) is 22.6 Å². The Morgan fingerprint density at radius 2 is 2.38 bits per heavy atom. The topological polar surface area (TPSA) is 51.2 Å². The molecule has 3 N–H and O–H groups in total. The van der Waals surface area contributed by atoms with E-state index in [-0.39, 0.29) is 6.04 Å². The van der Waals surface area contributed by atoms with Crippen LogP contribution in [0.3, 0.4) is 0 Å². The summed E-state index contributed by atoms with van der Waals surface area (Å²) in [5, 5.41) is 0. The molecule has 0 saturated heterocycles. The van der Waals surface area contributed by atoms with Gasteiger partial charge in [-0.15, -0.1) is 0 Å². The monoisotopic (exact) mass is 244 g/mol. The summed E-state index contributed by atoms with van der Waals surface area (Å²) in [4.78, 5) is 0. The highest BCUT2D eigenvalue weighted by Gasteiger charge is 2.30. The van der Waals surface area contributed by atoms with Gasteiger partial charge in [0.1, 0.15) is 5.76 Å². The summed E-state index contributed by atoms with van der Waals surface area (Å²) in [6, 6.07) is 2.07. The molecule has 3 nitrogen and oxygen atoms in total. The Balaban J connectivity index is 2.16. The van der Waals surface area contributed by atoms with Gasteiger partial charge in [-0.2, -0.15) is 0 Å². The molecule has 1 saturated carbocycles. The Morgan fingerprint density at radius 3 is 2.77 bits per heavy atom. The average Bonchev–Trinajstić information content (AvgIpc) is 2.43. The van der Waals surface area contributed by atoms with Gasteiger partial charge in [0.15, 0.2) is 0 Å². The number of hydrogen-bond acceptors (Lipinski definition) is 3. The molecule has 0 amide bonds. The minimum Gasteiger partial charge on any atom is -0.466 e. The Labute approximate surface area is 85.8 Å². The van der Waals surface area contributed by atoms with Gasteiger partial charge in [0.25, 0.3) is 0 Å². The van der Waals surface area contributed by atoms with Crippen LogP contribution >= 0.6 is 15.9 Å². The van der Waals surface area contributed by atoms with Crippen LogP contribution in [0.5, 0.6) is 0 Å². The van der Waals surface area contributed by atoms with Crippen molar-refractivity contribution in [1.82, 2.24) is 5.43 Å². The molecule has 0 bridgehead atoms. The zero-order chi connectivity index (χ0) is 9.26. The van der Waals surface area contributed by atoms with Gasteiger partial charge in [0.2, 0.25) is 0 Å². The minimum absolute atomic E-state index is 0.165. The van der Waals surface area contributed by atoms with Crippen molar-refractivity contribution in [3.63, 3.8) is 0 Å². The lowest BCUT2D eigenvalue weighted by molar-refractivity contribution is 0.208. The maximum absolute atomic E-state index is 5.51. The molecule has 4 heteroatoms. The minimum atomic E-state index is 0.165. The molecule has 1 aromatic heterocycles. The molecule has 0 spiro atoms. The van der Waals surface area contributed by atoms with Crippen LogP contribution in [-0.4, -0.2) is 0 Å². The van der Waals surface area contributed by atoms with Gasteiger partial charge in [-0.05, 0) is 40.8 Å². The summed E-state index contributed by atoms with van der Waals surface area (Å²) in [7, 11) is 0. The predicted molar refractivity (Wildman–Crippen MR) is 53.8 cm³/mol. The van der Waals surface area contributed by atoms with E-state index in [1.54, 1.807) is 6.26 Å². The van der Waals surface area contributed by atoms with Gasteiger partial charge in [0.05, 0.1) is 16.8 Å². The molecular weight excluding hydrogens is 232 g/mol. The van der Waals surface area contributed by atoms with Crippen molar-refractivity contribution in [2.75, 3.05) is 0 Å². The fourth-order valence-corrected chi connectivity index (χ4v) is 2.17. The van der Waals surface area contributed by atoms with Crippen LogP contribution < -0.4 is 11.3 Å². The first-order valence-electron chi connectivity index (χ1n) is 4.52. The molecule has 1 aliphatic rings. The van der Waals surface area contributed by atoms with E-state index in [0.29, 0.717) is 5.92 Å². The number of nitrogens with one attached hydrogen (secondary N) is 1. The van der Waals surface area contributed by atoms with E-state index < -0.39 is 0 Å². The molecule has 0 aromatic carbocycles. The summed E-state index contributed by atoms with van der Waals surface area (Å²) in [6.45, 7) is 0. The van der Waals surface area contributed by atoms with Crippen molar-refractivity contribution < 1.29 is 4.42 Å². The first kappa shape index (κ1) is 9.24. The van der Waals surface area contributed by atoms with Crippen LogP contribution in [0, 0.1) is 5.92 Å². The lowest BCUT2D eigenvalue weighted by atomic mass is 9.79. The smallest absolute Gasteiger partial charge is 0.136 e. The number of hydrazine groups is 1. The molecule has 2 rings (SSSR count). The third-order valence-corrected chi connectivity index (χ3v) is 3.38. The van der Waals surface area contributed by atoms with E-state index in [0.717, 1.165) is 10.2 Å². The van der Waals surface area contributed by atoms with Gasteiger partial charge in [-0.25, -0.2) is 5.43 Å². The maximum Gasteiger partial charge on any atom is 0.136 e. The van der Waals surface area contributed by atoms with Gasteiger partial charge in [-0.3, -0.25) is 5.84 Å². The van der Waals surface area contributed by atoms with Gasteiger partial charge < -0.3 is 4.42 Å². The van der Waals surface area contributed by atoms with Crippen molar-refractivity contribution in [2.45, 2.75) is 25.3 Å². The van der Waals surface area contributed by atoms with Crippen molar-refractivity contribution in [2.24, 2.45) is 11.8 Å². The van der Waals surface area contributed by atoms with Crippen LogP contribution in [0.15, 0.2) is 21.2 Å². The number of nitrogens with two attached hydrogens (primary N) is 1. The average molecular weight is 245 g/mol. The molecule has 1 aliphatic carbocycles. The predicted octanol–water partition coefficient (Wildman–Crippen LogP) is 2.35. The van der Waals surface area contributed by atoms with Crippen molar-refractivity contribution in [3.8, 4) is 0 Å². The first-order valence-corrected chi connectivity index (χ1v) is 5.31. The summed E-state index contributed by atoms with van der Waals surface area (Å²) >= 11 is 3.44. The normalized spacial score (nSPS) is 19.8. The Hall–Kier alpha value is -0.320. The van der Waals surface area contributed by atoms with E-state index in [1.807, 2.05) is 6.07 Å². The summed E-state index contributed by atoms with van der Waals surface area (Å²) in [5.74, 6) is 7.07. The number of furan rings is 1. The summed E-state index contributed by atoms with van der Waals surface area (Å²) in [5.41, 5.74) is 2.82. The molecule has 13 heavy (non-hydrogen) atoms. The molecule has 1 heterocycles. The van der Waals surface area contributed by atoms with Crippen LogP contribution in [0.25, 0.3) is 0 Å². The van der Waals surface area contributed by atoms with Crippen LogP contribution in [0.4, 0.5) is 0 Å². The second-order valence-corrected chi connectivity index (χ2v) is 4.32.